The highest BCUT2D eigenvalue weighted by Crippen LogP contribution is 2.23. The predicted molar refractivity (Wildman–Crippen MR) is 85.1 cm³/mol. The third kappa shape index (κ3) is 5.07. The normalized spacial score (nSPS) is 18.9. The molecule has 4 heteroatoms. The van der Waals surface area contributed by atoms with Crippen molar-refractivity contribution in [1.29, 1.82) is 0 Å². The zero-order chi connectivity index (χ0) is 13.7. The van der Waals surface area contributed by atoms with E-state index in [1.54, 1.807) is 11.3 Å². The summed E-state index contributed by atoms with van der Waals surface area (Å²) in [5, 5.41) is 3.73. The Kier molecular flexibility index (Phi) is 6.14. The molecule has 0 radical (unpaired) electrons. The van der Waals surface area contributed by atoms with E-state index in [9.17, 15) is 0 Å². The minimum Gasteiger partial charge on any atom is -0.312 e. The maximum absolute atomic E-state index is 5.97. The molecule has 0 amide bonds. The van der Waals surface area contributed by atoms with E-state index in [0.717, 1.165) is 23.5 Å². The fraction of sp³-hybridized carbons (Fsp3) is 0.733. The zero-order valence-corrected chi connectivity index (χ0v) is 13.6. The van der Waals surface area contributed by atoms with Crippen LogP contribution in [0.2, 0.25) is 4.34 Å². The van der Waals surface area contributed by atoms with Gasteiger partial charge in [-0.15, -0.1) is 11.3 Å². The van der Waals surface area contributed by atoms with E-state index in [2.05, 4.69) is 30.3 Å². The SMILES string of the molecule is CC(CNC1CCCCC1)N(C)Cc1ccc(Cl)s1. The van der Waals surface area contributed by atoms with E-state index >= 15 is 0 Å². The van der Waals surface area contributed by atoms with Crippen molar-refractivity contribution >= 4 is 22.9 Å². The summed E-state index contributed by atoms with van der Waals surface area (Å²) in [6.45, 7) is 4.37. The monoisotopic (exact) mass is 300 g/mol. The summed E-state index contributed by atoms with van der Waals surface area (Å²) in [4.78, 5) is 3.75. The topological polar surface area (TPSA) is 15.3 Å². The molecule has 1 N–H and O–H groups in total. The summed E-state index contributed by atoms with van der Waals surface area (Å²) in [6.07, 6.45) is 6.94. The lowest BCUT2D eigenvalue weighted by Gasteiger charge is -2.28. The van der Waals surface area contributed by atoms with E-state index in [-0.39, 0.29) is 0 Å². The van der Waals surface area contributed by atoms with E-state index in [4.69, 9.17) is 11.6 Å². The first-order valence-electron chi connectivity index (χ1n) is 7.33. The number of thiophene rings is 1. The fourth-order valence-corrected chi connectivity index (χ4v) is 3.79. The Morgan fingerprint density at radius 3 is 2.74 bits per heavy atom. The number of hydrogen-bond acceptors (Lipinski definition) is 3. The van der Waals surface area contributed by atoms with Gasteiger partial charge in [0, 0.05) is 30.1 Å². The Labute approximate surface area is 126 Å². The van der Waals surface area contributed by atoms with Crippen molar-refractivity contribution in [1.82, 2.24) is 10.2 Å². The van der Waals surface area contributed by atoms with Crippen LogP contribution < -0.4 is 5.32 Å². The first kappa shape index (κ1) is 15.3. The largest absolute Gasteiger partial charge is 0.312 e. The van der Waals surface area contributed by atoms with E-state index in [0.29, 0.717) is 6.04 Å². The van der Waals surface area contributed by atoms with Gasteiger partial charge in [0.1, 0.15) is 0 Å². The molecule has 2 nitrogen and oxygen atoms in total. The zero-order valence-electron chi connectivity index (χ0n) is 12.0. The molecule has 1 saturated carbocycles. The highest BCUT2D eigenvalue weighted by Gasteiger charge is 2.15. The van der Waals surface area contributed by atoms with Crippen LogP contribution in [0.4, 0.5) is 0 Å². The first-order valence-corrected chi connectivity index (χ1v) is 8.52. The molecule has 1 aliphatic rings. The van der Waals surface area contributed by atoms with Gasteiger partial charge in [0.2, 0.25) is 0 Å². The van der Waals surface area contributed by atoms with Crippen LogP contribution in [-0.2, 0) is 6.54 Å². The van der Waals surface area contributed by atoms with Gasteiger partial charge in [-0.05, 0) is 38.9 Å². The Balaban J connectivity index is 1.70. The van der Waals surface area contributed by atoms with Crippen molar-refractivity contribution in [3.05, 3.63) is 21.3 Å². The minimum atomic E-state index is 0.558. The van der Waals surface area contributed by atoms with Crippen molar-refractivity contribution < 1.29 is 0 Å². The molecule has 1 unspecified atom stereocenters. The van der Waals surface area contributed by atoms with Crippen LogP contribution in [0.15, 0.2) is 12.1 Å². The highest BCUT2D eigenvalue weighted by atomic mass is 35.5. The fourth-order valence-electron chi connectivity index (χ4n) is 2.64. The molecule has 2 rings (SSSR count). The van der Waals surface area contributed by atoms with Gasteiger partial charge in [-0.1, -0.05) is 30.9 Å². The van der Waals surface area contributed by atoms with Gasteiger partial charge in [0.15, 0.2) is 0 Å². The molecule has 0 aromatic carbocycles. The second-order valence-electron chi connectivity index (χ2n) is 5.71. The quantitative estimate of drug-likeness (QED) is 0.849. The van der Waals surface area contributed by atoms with Crippen LogP contribution in [0.3, 0.4) is 0 Å². The Hall–Kier alpha value is -0.0900. The molecule has 108 valence electrons. The van der Waals surface area contributed by atoms with Gasteiger partial charge in [0.25, 0.3) is 0 Å². The summed E-state index contributed by atoms with van der Waals surface area (Å²) < 4.78 is 0.886. The highest BCUT2D eigenvalue weighted by molar-refractivity contribution is 7.16. The Bertz CT molecular complexity index is 374. The second-order valence-corrected chi connectivity index (χ2v) is 7.51. The van der Waals surface area contributed by atoms with E-state index < -0.39 is 0 Å². The number of halogens is 1. The molecule has 19 heavy (non-hydrogen) atoms. The van der Waals surface area contributed by atoms with Gasteiger partial charge in [-0.3, -0.25) is 4.90 Å². The lowest BCUT2D eigenvalue weighted by Crippen LogP contribution is -2.42. The van der Waals surface area contributed by atoms with Gasteiger partial charge in [-0.25, -0.2) is 0 Å². The van der Waals surface area contributed by atoms with Crippen LogP contribution in [0.1, 0.15) is 43.9 Å². The van der Waals surface area contributed by atoms with Crippen LogP contribution in [0.5, 0.6) is 0 Å². The molecule has 1 fully saturated rings. The molecule has 1 aromatic rings. The number of nitrogens with zero attached hydrogens (tertiary/aromatic N) is 1. The summed E-state index contributed by atoms with van der Waals surface area (Å²) in [5.41, 5.74) is 0. The number of likely N-dealkylation sites (N-methyl/N-ethyl adjacent to an activating group) is 1. The van der Waals surface area contributed by atoms with Gasteiger partial charge in [-0.2, -0.15) is 0 Å². The van der Waals surface area contributed by atoms with Crippen molar-refractivity contribution in [2.75, 3.05) is 13.6 Å². The molecule has 0 saturated heterocycles. The van der Waals surface area contributed by atoms with Crippen LogP contribution in [0, 0.1) is 0 Å². The lowest BCUT2D eigenvalue weighted by atomic mass is 9.95. The lowest BCUT2D eigenvalue weighted by molar-refractivity contribution is 0.231. The molecule has 0 aliphatic heterocycles. The van der Waals surface area contributed by atoms with Gasteiger partial charge < -0.3 is 5.32 Å². The second kappa shape index (κ2) is 7.63. The van der Waals surface area contributed by atoms with Crippen molar-refractivity contribution in [2.24, 2.45) is 0 Å². The Morgan fingerprint density at radius 2 is 2.11 bits per heavy atom. The summed E-state index contributed by atoms with van der Waals surface area (Å²) in [6, 6.07) is 5.43. The van der Waals surface area contributed by atoms with Crippen LogP contribution in [-0.4, -0.2) is 30.6 Å². The molecular formula is C15H25ClN2S. The third-order valence-corrected chi connectivity index (χ3v) is 5.31. The van der Waals surface area contributed by atoms with Crippen LogP contribution >= 0.6 is 22.9 Å². The Morgan fingerprint density at radius 1 is 1.37 bits per heavy atom. The molecule has 1 atom stereocenters. The molecule has 1 aromatic heterocycles. The molecule has 1 heterocycles. The summed E-state index contributed by atoms with van der Waals surface area (Å²) in [5.74, 6) is 0. The number of nitrogens with one attached hydrogen (secondary N) is 1. The molecule has 1 aliphatic carbocycles. The summed E-state index contributed by atoms with van der Waals surface area (Å²) in [7, 11) is 2.20. The molecule has 0 bridgehead atoms. The van der Waals surface area contributed by atoms with E-state index in [1.807, 2.05) is 6.07 Å². The molecule has 0 spiro atoms. The minimum absolute atomic E-state index is 0.558. The average Bonchev–Trinajstić information content (AvgIpc) is 2.82. The maximum atomic E-state index is 5.97. The third-order valence-electron chi connectivity index (χ3n) is 4.09. The van der Waals surface area contributed by atoms with Gasteiger partial charge >= 0.3 is 0 Å². The number of hydrogen-bond donors (Lipinski definition) is 1. The first-order chi connectivity index (χ1) is 9.15. The van der Waals surface area contributed by atoms with Gasteiger partial charge in [0.05, 0.1) is 4.34 Å². The van der Waals surface area contributed by atoms with Crippen LogP contribution in [0.25, 0.3) is 0 Å². The maximum Gasteiger partial charge on any atom is 0.0931 e. The number of rotatable bonds is 6. The average molecular weight is 301 g/mol. The summed E-state index contributed by atoms with van der Waals surface area (Å²) >= 11 is 7.66. The molecular weight excluding hydrogens is 276 g/mol. The smallest absolute Gasteiger partial charge is 0.0931 e. The van der Waals surface area contributed by atoms with Crippen molar-refractivity contribution in [3.8, 4) is 0 Å². The van der Waals surface area contributed by atoms with Crippen molar-refractivity contribution in [2.45, 2.75) is 57.7 Å². The predicted octanol–water partition coefficient (Wildman–Crippen LogP) is 4.14. The standard InChI is InChI=1S/C15H25ClN2S/c1-12(10-17-13-6-4-3-5-7-13)18(2)11-14-8-9-15(16)19-14/h8-9,12-13,17H,3-7,10-11H2,1-2H3. The van der Waals surface area contributed by atoms with E-state index in [1.165, 1.54) is 37.0 Å². The van der Waals surface area contributed by atoms with Crippen molar-refractivity contribution in [3.63, 3.8) is 0 Å².